The summed E-state index contributed by atoms with van der Waals surface area (Å²) in [6, 6.07) is 8.68. The van der Waals surface area contributed by atoms with Gasteiger partial charge >= 0.3 is 5.97 Å². The first-order chi connectivity index (χ1) is 7.20. The predicted molar refractivity (Wildman–Crippen MR) is 49.6 cm³/mol. The Morgan fingerprint density at radius 2 is 1.93 bits per heavy atom. The van der Waals surface area contributed by atoms with Crippen LogP contribution >= 0.6 is 0 Å². The average Bonchev–Trinajstić information content (AvgIpc) is 2.61. The van der Waals surface area contributed by atoms with Crippen LogP contribution in [0.15, 0.2) is 30.3 Å². The minimum atomic E-state index is -1.28. The van der Waals surface area contributed by atoms with Crippen LogP contribution in [-0.4, -0.2) is 31.4 Å². The van der Waals surface area contributed by atoms with Crippen LogP contribution in [-0.2, 0) is 0 Å². The molecule has 2 N–H and O–H groups in total. The fourth-order valence-electron chi connectivity index (χ4n) is 1.25. The van der Waals surface area contributed by atoms with Gasteiger partial charge in [-0.15, -0.1) is 5.10 Å². The zero-order chi connectivity index (χ0) is 10.8. The summed E-state index contributed by atoms with van der Waals surface area (Å²) in [6.45, 7) is 0. The van der Waals surface area contributed by atoms with E-state index in [0.29, 0.717) is 5.56 Å². The van der Waals surface area contributed by atoms with E-state index in [1.807, 2.05) is 0 Å². The van der Waals surface area contributed by atoms with Gasteiger partial charge in [0.15, 0.2) is 0 Å². The molecular formula is C9H7N3O3. The molecule has 1 aromatic carbocycles. The molecule has 6 nitrogen and oxygen atoms in total. The van der Waals surface area contributed by atoms with E-state index in [-0.39, 0.29) is 16.2 Å². The Balaban J connectivity index is 2.59. The predicted octanol–water partition coefficient (Wildman–Crippen LogP) is 0.881. The van der Waals surface area contributed by atoms with Crippen LogP contribution in [0.25, 0.3) is 11.3 Å². The second-order valence-electron chi connectivity index (χ2n) is 2.85. The standard InChI is InChI=1S/C9H7N3O3/c13-9(14)8-7(10-11-12(8)15)6-4-2-1-3-5-6/h1-5,15H,(H,13,14). The fourth-order valence-corrected chi connectivity index (χ4v) is 1.25. The van der Waals surface area contributed by atoms with Gasteiger partial charge in [-0.3, -0.25) is 0 Å². The molecule has 1 aromatic heterocycles. The van der Waals surface area contributed by atoms with Crippen molar-refractivity contribution >= 4 is 5.97 Å². The molecule has 6 heteroatoms. The Morgan fingerprint density at radius 3 is 2.53 bits per heavy atom. The lowest BCUT2D eigenvalue weighted by Crippen LogP contribution is -2.07. The molecule has 0 amide bonds. The topological polar surface area (TPSA) is 88.2 Å². The number of carboxylic acid groups (broad SMARTS) is 1. The second-order valence-corrected chi connectivity index (χ2v) is 2.85. The van der Waals surface area contributed by atoms with Gasteiger partial charge in [0, 0.05) is 5.56 Å². The third-order valence-electron chi connectivity index (χ3n) is 1.90. The molecule has 0 bridgehead atoms. The molecule has 2 aromatic rings. The largest absolute Gasteiger partial charge is 0.476 e. The summed E-state index contributed by atoms with van der Waals surface area (Å²) in [7, 11) is 0. The normalized spacial score (nSPS) is 10.1. The van der Waals surface area contributed by atoms with Crippen molar-refractivity contribution in [2.24, 2.45) is 0 Å². The molecule has 0 saturated carbocycles. The smallest absolute Gasteiger partial charge is 0.360 e. The van der Waals surface area contributed by atoms with Crippen LogP contribution < -0.4 is 0 Å². The zero-order valence-corrected chi connectivity index (χ0v) is 7.53. The highest BCUT2D eigenvalue weighted by Gasteiger charge is 2.20. The van der Waals surface area contributed by atoms with Gasteiger partial charge in [0.2, 0.25) is 5.69 Å². The minimum Gasteiger partial charge on any atom is -0.476 e. The molecule has 0 aliphatic carbocycles. The first-order valence-corrected chi connectivity index (χ1v) is 4.14. The van der Waals surface area contributed by atoms with Gasteiger partial charge in [0.25, 0.3) is 0 Å². The molecule has 0 saturated heterocycles. The van der Waals surface area contributed by atoms with E-state index in [2.05, 4.69) is 10.3 Å². The zero-order valence-electron chi connectivity index (χ0n) is 7.53. The van der Waals surface area contributed by atoms with E-state index in [0.717, 1.165) is 0 Å². The Kier molecular flexibility index (Phi) is 2.09. The van der Waals surface area contributed by atoms with Crippen molar-refractivity contribution in [3.8, 4) is 11.3 Å². The molecule has 0 radical (unpaired) electrons. The maximum Gasteiger partial charge on any atom is 0.360 e. The molecular weight excluding hydrogens is 198 g/mol. The molecule has 2 rings (SSSR count). The number of benzene rings is 1. The van der Waals surface area contributed by atoms with Crippen LogP contribution in [0, 0.1) is 0 Å². The van der Waals surface area contributed by atoms with Gasteiger partial charge in [-0.2, -0.15) is 0 Å². The van der Waals surface area contributed by atoms with E-state index < -0.39 is 5.97 Å². The number of nitrogens with zero attached hydrogens (tertiary/aromatic N) is 3. The third-order valence-corrected chi connectivity index (χ3v) is 1.90. The molecule has 0 unspecified atom stereocenters. The number of carboxylic acids is 1. The highest BCUT2D eigenvalue weighted by atomic mass is 16.5. The third kappa shape index (κ3) is 1.52. The summed E-state index contributed by atoms with van der Waals surface area (Å²) in [4.78, 5) is 11.1. The monoisotopic (exact) mass is 205 g/mol. The summed E-state index contributed by atoms with van der Waals surface area (Å²) in [5.74, 6) is -1.28. The summed E-state index contributed by atoms with van der Waals surface area (Å²) in [6.07, 6.45) is 0. The molecule has 0 aliphatic heterocycles. The Morgan fingerprint density at radius 1 is 1.27 bits per heavy atom. The van der Waals surface area contributed by atoms with Crippen molar-refractivity contribution in [2.45, 2.75) is 0 Å². The van der Waals surface area contributed by atoms with Crippen molar-refractivity contribution in [3.63, 3.8) is 0 Å². The highest BCUT2D eigenvalue weighted by molar-refractivity contribution is 5.92. The van der Waals surface area contributed by atoms with E-state index in [9.17, 15) is 4.79 Å². The van der Waals surface area contributed by atoms with E-state index >= 15 is 0 Å². The van der Waals surface area contributed by atoms with Crippen LogP contribution in [0.3, 0.4) is 0 Å². The van der Waals surface area contributed by atoms with Gasteiger partial charge in [-0.25, -0.2) is 4.79 Å². The van der Waals surface area contributed by atoms with Gasteiger partial charge < -0.3 is 10.3 Å². The van der Waals surface area contributed by atoms with Gasteiger partial charge in [-0.05, 0) is 5.21 Å². The van der Waals surface area contributed by atoms with E-state index in [4.69, 9.17) is 10.3 Å². The van der Waals surface area contributed by atoms with Crippen molar-refractivity contribution < 1.29 is 15.1 Å². The molecule has 1 heterocycles. The molecule has 0 spiro atoms. The number of aromatic carboxylic acids is 1. The molecule has 15 heavy (non-hydrogen) atoms. The number of carbonyl (C=O) groups is 1. The van der Waals surface area contributed by atoms with E-state index in [1.54, 1.807) is 30.3 Å². The van der Waals surface area contributed by atoms with Crippen LogP contribution in [0.1, 0.15) is 10.5 Å². The fraction of sp³-hybridized carbons (Fsp3) is 0. The van der Waals surface area contributed by atoms with Crippen molar-refractivity contribution in [1.29, 1.82) is 0 Å². The number of hydrogen-bond acceptors (Lipinski definition) is 4. The van der Waals surface area contributed by atoms with Crippen molar-refractivity contribution in [3.05, 3.63) is 36.0 Å². The first kappa shape index (κ1) is 9.20. The second kappa shape index (κ2) is 3.41. The first-order valence-electron chi connectivity index (χ1n) is 4.14. The Labute approximate surface area is 84.4 Å². The number of aromatic nitrogens is 3. The highest BCUT2D eigenvalue weighted by Crippen LogP contribution is 2.19. The van der Waals surface area contributed by atoms with Gasteiger partial charge in [-0.1, -0.05) is 35.2 Å². The maximum atomic E-state index is 10.8. The average molecular weight is 205 g/mol. The lowest BCUT2D eigenvalue weighted by atomic mass is 10.1. The van der Waals surface area contributed by atoms with Gasteiger partial charge in [0.1, 0.15) is 5.69 Å². The molecule has 0 fully saturated rings. The molecule has 0 atom stereocenters. The van der Waals surface area contributed by atoms with Crippen molar-refractivity contribution in [1.82, 2.24) is 15.2 Å². The minimum absolute atomic E-state index is 0.144. The number of rotatable bonds is 2. The van der Waals surface area contributed by atoms with Crippen LogP contribution in [0.4, 0.5) is 0 Å². The SMILES string of the molecule is O=C(O)c1c(-c2ccccc2)nnn1O. The molecule has 76 valence electrons. The maximum absolute atomic E-state index is 10.8. The van der Waals surface area contributed by atoms with Crippen molar-refractivity contribution in [2.75, 3.05) is 0 Å². The van der Waals surface area contributed by atoms with Crippen LogP contribution in [0.5, 0.6) is 0 Å². The molecule has 0 aliphatic rings. The lowest BCUT2D eigenvalue weighted by Gasteiger charge is -1.97. The summed E-state index contributed by atoms with van der Waals surface area (Å²) in [5.41, 5.74) is 0.391. The Hall–Kier alpha value is -2.37. The summed E-state index contributed by atoms with van der Waals surface area (Å²) >= 11 is 0. The summed E-state index contributed by atoms with van der Waals surface area (Å²) in [5, 5.41) is 24.8. The lowest BCUT2D eigenvalue weighted by molar-refractivity contribution is 0.0618. The Bertz CT molecular complexity index is 493. The van der Waals surface area contributed by atoms with Crippen LogP contribution in [0.2, 0.25) is 0 Å². The van der Waals surface area contributed by atoms with E-state index in [1.165, 1.54) is 0 Å². The van der Waals surface area contributed by atoms with Gasteiger partial charge in [0.05, 0.1) is 0 Å². The number of hydrogen-bond donors (Lipinski definition) is 2. The summed E-state index contributed by atoms with van der Waals surface area (Å²) < 4.78 is 0. The quantitative estimate of drug-likeness (QED) is 0.710.